The third-order valence-electron chi connectivity index (χ3n) is 21.2. The Hall–Kier alpha value is -6.84. The summed E-state index contributed by atoms with van der Waals surface area (Å²) in [6.07, 6.45) is 22.4. The minimum Gasteiger partial charge on any atom is -0.354 e. The molecule has 0 aliphatic carbocycles. The van der Waals surface area contributed by atoms with Gasteiger partial charge in [-0.2, -0.15) is 0 Å². The Morgan fingerprint density at radius 2 is 0.315 bits per heavy atom. The van der Waals surface area contributed by atoms with Crippen LogP contribution in [0.4, 0.5) is 0 Å². The van der Waals surface area contributed by atoms with E-state index in [2.05, 4.69) is 144 Å². The summed E-state index contributed by atoms with van der Waals surface area (Å²) in [5.74, 6) is 28.0. The summed E-state index contributed by atoms with van der Waals surface area (Å²) < 4.78 is 0. The van der Waals surface area contributed by atoms with Crippen LogP contribution in [-0.2, 0) is 57.5 Å². The lowest BCUT2D eigenvalue weighted by molar-refractivity contribution is -0.125. The highest BCUT2D eigenvalue weighted by Crippen LogP contribution is 2.26. The predicted molar refractivity (Wildman–Crippen MR) is 434 cm³/mol. The van der Waals surface area contributed by atoms with E-state index in [1.165, 1.54) is 38.5 Å². The average molecular weight is 1580 g/mol. The van der Waals surface area contributed by atoms with Gasteiger partial charge in [-0.05, 0) is 160 Å². The van der Waals surface area contributed by atoms with Crippen LogP contribution in [0.25, 0.3) is 0 Å². The van der Waals surface area contributed by atoms with Crippen LogP contribution in [0.3, 0.4) is 0 Å². The van der Waals surface area contributed by atoms with Crippen molar-refractivity contribution in [3.05, 3.63) is 0 Å². The Bertz CT molecular complexity index is 2210. The van der Waals surface area contributed by atoms with Crippen LogP contribution in [0.5, 0.6) is 0 Å². The zero-order valence-corrected chi connectivity index (χ0v) is 67.4. The van der Waals surface area contributed by atoms with E-state index in [0.717, 1.165) is 77.0 Å². The molecule has 0 aromatic rings. The maximum Gasteiger partial charge on any atom is 0.235 e. The number of hydrazine groups is 6. The van der Waals surface area contributed by atoms with Gasteiger partial charge in [0, 0.05) is 162 Å². The van der Waals surface area contributed by atoms with Crippen LogP contribution in [0.15, 0.2) is 0 Å². The number of carbonyl (C=O) groups is 12. The van der Waals surface area contributed by atoms with Crippen LogP contribution in [0.2, 0.25) is 0 Å². The second kappa shape index (κ2) is 57.2. The fourth-order valence-corrected chi connectivity index (χ4v) is 14.4. The van der Waals surface area contributed by atoms with Crippen molar-refractivity contribution in [3.63, 3.8) is 0 Å². The Balaban J connectivity index is -0.000000198. The maximum absolute atomic E-state index is 11.8. The molecule has 6 saturated heterocycles. The van der Waals surface area contributed by atoms with E-state index >= 15 is 0 Å². The number of piperidine rings is 6. The molecule has 12 atom stereocenters. The molecule has 0 aromatic carbocycles. The van der Waals surface area contributed by atoms with E-state index < -0.39 is 0 Å². The molecule has 6 heterocycles. The molecule has 108 heavy (non-hydrogen) atoms. The minimum absolute atomic E-state index is 0. The van der Waals surface area contributed by atoms with E-state index in [0.29, 0.717) is 151 Å². The number of nitrogens with zero attached hydrogens (tertiary/aromatic N) is 6. The van der Waals surface area contributed by atoms with Crippen molar-refractivity contribution in [2.75, 3.05) is 78.5 Å². The molecule has 6 aliphatic rings. The number of rotatable bonds is 30. The molecule has 6 rings (SSSR count). The first-order valence-corrected chi connectivity index (χ1v) is 39.4. The SMILES string of the molecule is C[C@@H]1CCC[C@H](C)N1C[13C](=O)[15NH][13CH2][13CH2][13C](=O)NN.C[C@@H]1CCC[C@H](C)[15N]1C[13C](=O)N[13CH2][13CH2][13C](=O)NN.[13CH3][13C@@H]1CCC[13C@H]([13CH3])N1CC(=O)[15NH]CCC(=O)NN.[13CH3][13C@@H]1CCC[13C@H]([13CH3])[15N]1CC(=O)NCCC(=O)NN.[13CH3][C@@H]1CCC[C@H]([13CH3])N1C[13C](=O)[15NH][13CH2]CC(=O)NN.[13CH3][C@@H]1CCC[C@H]([13CH3])[15N]1C[13C](=O)N[13CH2]CC(=O)NN.[HH].[HH].[HH].[HH].[HH].[HH].[HH].[HH]. The third-order valence-corrected chi connectivity index (χ3v) is 21.2. The van der Waals surface area contributed by atoms with Crippen molar-refractivity contribution in [2.45, 2.75) is 310 Å². The van der Waals surface area contributed by atoms with Gasteiger partial charge < -0.3 is 31.9 Å². The molecule has 6 fully saturated rings. The molecule has 12 amide bonds. The number of nitrogens with one attached hydrogen (secondary N) is 12. The van der Waals surface area contributed by atoms with Gasteiger partial charge in [-0.15, -0.1) is 0 Å². The van der Waals surface area contributed by atoms with Crippen LogP contribution in [0, 0.1) is 0 Å². The summed E-state index contributed by atoms with van der Waals surface area (Å²) in [6.45, 7) is 30.3. The highest BCUT2D eigenvalue weighted by atomic mass is 16.3. The molecule has 640 valence electrons. The monoisotopic (exact) mass is 1580 g/mol. The molecule has 0 spiro atoms. The van der Waals surface area contributed by atoms with E-state index in [-0.39, 0.29) is 121 Å². The Kier molecular flexibility index (Phi) is 52.6. The molecule has 36 heteroatoms. The molecule has 0 unspecified atom stereocenters. The third kappa shape index (κ3) is 42.9. The van der Waals surface area contributed by atoms with Gasteiger partial charge in [0.25, 0.3) is 0 Å². The van der Waals surface area contributed by atoms with Crippen LogP contribution < -0.4 is 99.5 Å². The van der Waals surface area contributed by atoms with Crippen molar-refractivity contribution in [2.24, 2.45) is 35.1 Å². The fourth-order valence-electron chi connectivity index (χ4n) is 14.4. The number of hydrogen-bond donors (Lipinski definition) is 18. The van der Waals surface area contributed by atoms with Crippen molar-refractivity contribution in [1.29, 1.82) is 0 Å². The maximum atomic E-state index is 11.8. The zero-order valence-electron chi connectivity index (χ0n) is 67.4. The molecule has 36 nitrogen and oxygen atoms in total. The lowest BCUT2D eigenvalue weighted by atomic mass is 9.98. The first-order valence-electron chi connectivity index (χ1n) is 39.4. The Morgan fingerprint density at radius 3 is 0.407 bits per heavy atom. The number of amides is 12. The highest BCUT2D eigenvalue weighted by molar-refractivity contribution is 5.83. The van der Waals surface area contributed by atoms with Crippen molar-refractivity contribution in [1.82, 2.24) is 93.9 Å². The molecule has 24 N–H and O–H groups in total. The average Bonchev–Trinajstić information content (AvgIpc) is 0.901. The van der Waals surface area contributed by atoms with E-state index in [1.54, 1.807) is 0 Å². The molecule has 0 bridgehead atoms. The van der Waals surface area contributed by atoms with E-state index in [4.69, 9.17) is 35.1 Å². The smallest absolute Gasteiger partial charge is 0.235 e. The number of carbonyl (C=O) groups excluding carboxylic acids is 12. The van der Waals surface area contributed by atoms with Gasteiger partial charge in [0.2, 0.25) is 70.9 Å². The first-order chi connectivity index (χ1) is 51.2. The van der Waals surface area contributed by atoms with Crippen molar-refractivity contribution in [3.8, 4) is 0 Å². The summed E-state index contributed by atoms with van der Waals surface area (Å²) in [4.78, 5) is 149. The Labute approximate surface area is 654 Å². The van der Waals surface area contributed by atoms with Gasteiger partial charge in [0.1, 0.15) is 0 Å². The molecule has 0 aromatic heterocycles. The molecule has 0 radical (unpaired) electrons. The van der Waals surface area contributed by atoms with Gasteiger partial charge >= 0.3 is 0 Å². The van der Waals surface area contributed by atoms with Gasteiger partial charge in [-0.1, -0.05) is 38.5 Å². The largest absolute Gasteiger partial charge is 0.354 e. The lowest BCUT2D eigenvalue weighted by Gasteiger charge is -2.38. The molecular weight excluding hydrogens is 1420 g/mol. The number of hydrogen-bond acceptors (Lipinski definition) is 24. The van der Waals surface area contributed by atoms with Gasteiger partial charge in [-0.25, -0.2) is 35.1 Å². The van der Waals surface area contributed by atoms with Gasteiger partial charge in [-0.3, -0.25) is 119 Å². The summed E-state index contributed by atoms with van der Waals surface area (Å²) >= 11 is 0. The first kappa shape index (κ1) is 99.2. The topological polar surface area (TPSA) is 525 Å². The van der Waals surface area contributed by atoms with Crippen LogP contribution in [0.1, 0.15) is 249 Å². The number of likely N-dealkylation sites (tertiary alicyclic amines) is 6. The Morgan fingerprint density at radius 1 is 0.213 bits per heavy atom. The lowest BCUT2D eigenvalue weighted by Crippen LogP contribution is -2.49. The number of nitrogens with two attached hydrogens (primary N) is 6. The fraction of sp³-hybridized carbons (Fsp3) is 0.833. The van der Waals surface area contributed by atoms with Crippen LogP contribution in [-0.4, -0.2) is 251 Å². The summed E-state index contributed by atoms with van der Waals surface area (Å²) in [5.41, 5.74) is 12.2. The highest BCUT2D eigenvalue weighted by Gasteiger charge is 2.32. The summed E-state index contributed by atoms with van der Waals surface area (Å²) in [7, 11) is 0. The van der Waals surface area contributed by atoms with E-state index in [1.807, 2.05) is 32.6 Å². The molecular formula is C72H160N24O12. The van der Waals surface area contributed by atoms with Gasteiger partial charge in [0.15, 0.2) is 0 Å². The second-order valence-electron chi connectivity index (χ2n) is 29.8. The van der Waals surface area contributed by atoms with E-state index in [9.17, 15) is 57.5 Å². The quantitative estimate of drug-likeness (QED) is 0.0153. The standard InChI is InChI=1S/6C12H24N4O2.8H2/c6*1-9-4-3-5-10(2)16(9)8-12(18)14-7-6-11(17)15-13;;;;;;;;/h6*9-10H,3-8,13H2,1-2H3,(H,14,18)(H,15,17);8*1H/t6*9-,10+;;;;;;;;/i6+1,7+1,11+1,12+1,16+1;6+1,7+1,11+1,12+1,14+1;1+1,2+1,9+1,10+1,16+1;1+1,2+1,9+1,10+1,14+1;1+1,2+1,7+1,12+1,16+1;1+1,2+1,7+1,12+1,14+1;;;;;;;;. The molecule has 0 saturated carbocycles. The van der Waals surface area contributed by atoms with Crippen molar-refractivity contribution >= 4 is 70.9 Å². The summed E-state index contributed by atoms with van der Waals surface area (Å²) in [6, 6.07) is 5.41. The second-order valence-corrected chi connectivity index (χ2v) is 29.8. The normalized spacial score (nSPS) is 24.6. The van der Waals surface area contributed by atoms with Crippen LogP contribution >= 0.6 is 0 Å². The zero-order chi connectivity index (χ0) is 81.3. The summed E-state index contributed by atoms with van der Waals surface area (Å²) in [5, 5.41) is 16.4. The predicted octanol–water partition coefficient (Wildman–Crippen LogP) is 0.441. The minimum atomic E-state index is -0.269. The van der Waals surface area contributed by atoms with Crippen molar-refractivity contribution < 1.29 is 68.9 Å². The molecule has 6 aliphatic heterocycles. The van der Waals surface area contributed by atoms with Gasteiger partial charge in [0.05, 0.1) is 39.3 Å².